The summed E-state index contributed by atoms with van der Waals surface area (Å²) in [5, 5.41) is 6.41. The van der Waals surface area contributed by atoms with E-state index in [9.17, 15) is 4.79 Å². The zero-order valence-corrected chi connectivity index (χ0v) is 14.5. The Bertz CT molecular complexity index is 499. The highest BCUT2D eigenvalue weighted by Gasteiger charge is 2.21. The third kappa shape index (κ3) is 5.52. The molecular formula is C18H29N3O2. The van der Waals surface area contributed by atoms with Gasteiger partial charge < -0.3 is 15.4 Å². The van der Waals surface area contributed by atoms with Gasteiger partial charge in [-0.05, 0) is 37.8 Å². The molecule has 0 bridgehead atoms. The lowest BCUT2D eigenvalue weighted by atomic mass is 10.0. The molecule has 0 spiro atoms. The zero-order chi connectivity index (χ0) is 16.7. The van der Waals surface area contributed by atoms with E-state index >= 15 is 0 Å². The van der Waals surface area contributed by atoms with Crippen LogP contribution in [0.15, 0.2) is 24.3 Å². The number of nitrogens with one attached hydrogen (secondary N) is 2. The van der Waals surface area contributed by atoms with Crippen molar-refractivity contribution >= 4 is 5.91 Å². The summed E-state index contributed by atoms with van der Waals surface area (Å²) in [7, 11) is 3.41. The number of piperidine rings is 1. The molecule has 1 aromatic carbocycles. The average molecular weight is 319 g/mol. The Labute approximate surface area is 139 Å². The predicted molar refractivity (Wildman–Crippen MR) is 92.8 cm³/mol. The van der Waals surface area contributed by atoms with Gasteiger partial charge in [-0.15, -0.1) is 0 Å². The van der Waals surface area contributed by atoms with E-state index in [1.165, 1.54) is 5.56 Å². The molecule has 5 nitrogen and oxygen atoms in total. The van der Waals surface area contributed by atoms with Gasteiger partial charge in [-0.1, -0.05) is 18.2 Å². The second-order valence-corrected chi connectivity index (χ2v) is 6.31. The Balaban J connectivity index is 1.76. The van der Waals surface area contributed by atoms with Crippen molar-refractivity contribution in [2.75, 3.05) is 33.8 Å². The predicted octanol–water partition coefficient (Wildman–Crippen LogP) is 1.43. The van der Waals surface area contributed by atoms with Crippen LogP contribution >= 0.6 is 0 Å². The molecule has 1 unspecified atom stereocenters. The molecule has 0 saturated carbocycles. The van der Waals surface area contributed by atoms with E-state index in [2.05, 4.69) is 34.6 Å². The molecule has 1 aromatic rings. The standard InChI is InChI=1S/C18H29N3O2/c1-14(12-15-6-4-5-7-17(15)23-3)20-16-8-10-21(11-9-16)13-18(22)19-2/h4-7,14,16,20H,8-13H2,1-3H3,(H,19,22). The lowest BCUT2D eigenvalue weighted by molar-refractivity contribution is -0.122. The van der Waals surface area contributed by atoms with Crippen molar-refractivity contribution in [3.05, 3.63) is 29.8 Å². The van der Waals surface area contributed by atoms with Crippen LogP contribution in [-0.2, 0) is 11.2 Å². The smallest absolute Gasteiger partial charge is 0.233 e. The van der Waals surface area contributed by atoms with E-state index in [1.54, 1.807) is 14.2 Å². The zero-order valence-electron chi connectivity index (χ0n) is 14.5. The van der Waals surface area contributed by atoms with Crippen LogP contribution in [0.5, 0.6) is 5.75 Å². The van der Waals surface area contributed by atoms with E-state index in [0.717, 1.165) is 38.1 Å². The lowest BCUT2D eigenvalue weighted by Crippen LogP contribution is -2.48. The fraction of sp³-hybridized carbons (Fsp3) is 0.611. The largest absolute Gasteiger partial charge is 0.496 e. The van der Waals surface area contributed by atoms with E-state index in [4.69, 9.17) is 4.74 Å². The van der Waals surface area contributed by atoms with Gasteiger partial charge in [0.2, 0.25) is 5.91 Å². The van der Waals surface area contributed by atoms with Crippen LogP contribution in [0.4, 0.5) is 0 Å². The molecule has 0 aromatic heterocycles. The molecule has 1 saturated heterocycles. The number of ether oxygens (including phenoxy) is 1. The van der Waals surface area contributed by atoms with Crippen molar-refractivity contribution < 1.29 is 9.53 Å². The normalized spacial score (nSPS) is 17.7. The number of likely N-dealkylation sites (tertiary alicyclic amines) is 1. The van der Waals surface area contributed by atoms with Gasteiger partial charge in [-0.2, -0.15) is 0 Å². The number of benzene rings is 1. The lowest BCUT2D eigenvalue weighted by Gasteiger charge is -2.33. The maximum atomic E-state index is 11.4. The number of nitrogens with zero attached hydrogens (tertiary/aromatic N) is 1. The van der Waals surface area contributed by atoms with E-state index in [-0.39, 0.29) is 5.91 Å². The van der Waals surface area contributed by atoms with Gasteiger partial charge in [-0.3, -0.25) is 9.69 Å². The Kier molecular flexibility index (Phi) is 6.86. The Morgan fingerprint density at radius 3 is 2.70 bits per heavy atom. The first-order chi connectivity index (χ1) is 11.1. The van der Waals surface area contributed by atoms with Gasteiger partial charge in [0.05, 0.1) is 13.7 Å². The Morgan fingerprint density at radius 1 is 1.35 bits per heavy atom. The van der Waals surface area contributed by atoms with Crippen molar-refractivity contribution in [2.45, 2.75) is 38.3 Å². The maximum absolute atomic E-state index is 11.4. The first kappa shape index (κ1) is 17.8. The van der Waals surface area contributed by atoms with Gasteiger partial charge in [0.1, 0.15) is 5.75 Å². The quantitative estimate of drug-likeness (QED) is 0.798. The number of carbonyl (C=O) groups excluding carboxylic acids is 1. The van der Waals surface area contributed by atoms with Gasteiger partial charge in [-0.25, -0.2) is 0 Å². The first-order valence-corrected chi connectivity index (χ1v) is 8.43. The number of hydrogen-bond donors (Lipinski definition) is 2. The van der Waals surface area contributed by atoms with Crippen molar-refractivity contribution in [1.82, 2.24) is 15.5 Å². The fourth-order valence-electron chi connectivity index (χ4n) is 3.20. The second kappa shape index (κ2) is 8.89. The molecular weight excluding hydrogens is 290 g/mol. The minimum atomic E-state index is 0.0981. The third-order valence-electron chi connectivity index (χ3n) is 4.47. The average Bonchev–Trinajstić information content (AvgIpc) is 2.57. The van der Waals surface area contributed by atoms with Crippen molar-refractivity contribution in [2.24, 2.45) is 0 Å². The summed E-state index contributed by atoms with van der Waals surface area (Å²) in [6.45, 7) is 4.70. The molecule has 1 heterocycles. The summed E-state index contributed by atoms with van der Waals surface area (Å²) in [6.07, 6.45) is 3.14. The van der Waals surface area contributed by atoms with Crippen LogP contribution < -0.4 is 15.4 Å². The van der Waals surface area contributed by atoms with Crippen LogP contribution in [0.25, 0.3) is 0 Å². The minimum Gasteiger partial charge on any atom is -0.496 e. The van der Waals surface area contributed by atoms with Gasteiger partial charge >= 0.3 is 0 Å². The van der Waals surface area contributed by atoms with Crippen LogP contribution in [-0.4, -0.2) is 56.7 Å². The molecule has 1 aliphatic rings. The molecule has 23 heavy (non-hydrogen) atoms. The van der Waals surface area contributed by atoms with Gasteiger partial charge in [0.15, 0.2) is 0 Å². The number of likely N-dealkylation sites (N-methyl/N-ethyl adjacent to an activating group) is 1. The summed E-state index contributed by atoms with van der Waals surface area (Å²) in [4.78, 5) is 13.6. The number of methoxy groups -OCH3 is 1. The molecule has 1 atom stereocenters. The number of rotatable bonds is 7. The number of hydrogen-bond acceptors (Lipinski definition) is 4. The molecule has 0 radical (unpaired) electrons. The summed E-state index contributed by atoms with van der Waals surface area (Å²) < 4.78 is 5.43. The highest BCUT2D eigenvalue weighted by Crippen LogP contribution is 2.19. The highest BCUT2D eigenvalue weighted by molar-refractivity contribution is 5.77. The second-order valence-electron chi connectivity index (χ2n) is 6.31. The molecule has 1 fully saturated rings. The molecule has 1 amide bonds. The monoisotopic (exact) mass is 319 g/mol. The molecule has 2 rings (SSSR count). The molecule has 5 heteroatoms. The number of amides is 1. The van der Waals surface area contributed by atoms with E-state index in [0.29, 0.717) is 18.6 Å². The fourth-order valence-corrected chi connectivity index (χ4v) is 3.20. The van der Waals surface area contributed by atoms with Crippen LogP contribution in [0.2, 0.25) is 0 Å². The Morgan fingerprint density at radius 2 is 2.04 bits per heavy atom. The van der Waals surface area contributed by atoms with Crippen molar-refractivity contribution in [3.8, 4) is 5.75 Å². The minimum absolute atomic E-state index is 0.0981. The number of para-hydroxylation sites is 1. The molecule has 1 aliphatic heterocycles. The van der Waals surface area contributed by atoms with Crippen molar-refractivity contribution in [1.29, 1.82) is 0 Å². The first-order valence-electron chi connectivity index (χ1n) is 8.43. The summed E-state index contributed by atoms with van der Waals surface area (Å²) in [6, 6.07) is 9.13. The summed E-state index contributed by atoms with van der Waals surface area (Å²) in [5.41, 5.74) is 1.24. The summed E-state index contributed by atoms with van der Waals surface area (Å²) >= 11 is 0. The van der Waals surface area contributed by atoms with Crippen LogP contribution in [0.1, 0.15) is 25.3 Å². The Hall–Kier alpha value is -1.59. The van der Waals surface area contributed by atoms with E-state index in [1.807, 2.05) is 12.1 Å². The third-order valence-corrected chi connectivity index (χ3v) is 4.47. The highest BCUT2D eigenvalue weighted by atomic mass is 16.5. The van der Waals surface area contributed by atoms with Crippen LogP contribution in [0, 0.1) is 0 Å². The van der Waals surface area contributed by atoms with Crippen molar-refractivity contribution in [3.63, 3.8) is 0 Å². The maximum Gasteiger partial charge on any atom is 0.233 e. The molecule has 2 N–H and O–H groups in total. The van der Waals surface area contributed by atoms with Gasteiger partial charge in [0.25, 0.3) is 0 Å². The molecule has 128 valence electrons. The topological polar surface area (TPSA) is 53.6 Å². The van der Waals surface area contributed by atoms with Crippen LogP contribution in [0.3, 0.4) is 0 Å². The number of carbonyl (C=O) groups is 1. The summed E-state index contributed by atoms with van der Waals surface area (Å²) in [5.74, 6) is 1.06. The SMILES string of the molecule is CNC(=O)CN1CCC(NC(C)Cc2ccccc2OC)CC1. The van der Waals surface area contributed by atoms with Gasteiger partial charge in [0, 0.05) is 32.2 Å². The van der Waals surface area contributed by atoms with E-state index < -0.39 is 0 Å². The molecule has 0 aliphatic carbocycles.